The normalized spacial score (nSPS) is 14.5. The zero-order valence-electron chi connectivity index (χ0n) is 15.6. The Hall–Kier alpha value is -2.69. The van der Waals surface area contributed by atoms with Gasteiger partial charge in [-0.2, -0.15) is 0 Å². The molecule has 154 valence electrons. The molecular formula is C18H19ClN4O5S. The molecule has 1 saturated heterocycles. The zero-order chi connectivity index (χ0) is 21.0. The number of carbonyl (C=O) groups is 2. The molecule has 1 aliphatic heterocycles. The maximum Gasteiger partial charge on any atom is 0.350 e. The number of benzene rings is 1. The first-order chi connectivity index (χ1) is 13.9. The molecule has 1 aromatic heterocycles. The number of nitro benzene ring substituents is 1. The molecule has 1 aliphatic rings. The van der Waals surface area contributed by atoms with Crippen molar-refractivity contribution in [1.29, 1.82) is 0 Å². The summed E-state index contributed by atoms with van der Waals surface area (Å²) in [7, 11) is 1.29. The van der Waals surface area contributed by atoms with E-state index in [1.165, 1.54) is 24.5 Å². The minimum Gasteiger partial charge on any atom is -0.465 e. The molecule has 0 saturated carbocycles. The SMILES string of the molecule is COC(=O)c1sccc1NC(=O)CN1CCN(c2ccc(Cl)cc2[N+](=O)[O-])CC1. The number of methoxy groups -OCH3 is 1. The Morgan fingerprint density at radius 2 is 2.00 bits per heavy atom. The highest BCUT2D eigenvalue weighted by Gasteiger charge is 2.25. The molecule has 1 amide bonds. The van der Waals surface area contributed by atoms with Gasteiger partial charge in [-0.3, -0.25) is 19.8 Å². The highest BCUT2D eigenvalue weighted by molar-refractivity contribution is 7.12. The topological polar surface area (TPSA) is 105 Å². The van der Waals surface area contributed by atoms with Gasteiger partial charge in [0.1, 0.15) is 10.6 Å². The summed E-state index contributed by atoms with van der Waals surface area (Å²) in [4.78, 5) is 39.1. The summed E-state index contributed by atoms with van der Waals surface area (Å²) in [6.07, 6.45) is 0. The van der Waals surface area contributed by atoms with Gasteiger partial charge in [-0.05, 0) is 23.6 Å². The molecular weight excluding hydrogens is 420 g/mol. The first-order valence-corrected chi connectivity index (χ1v) is 10.0. The van der Waals surface area contributed by atoms with E-state index in [9.17, 15) is 19.7 Å². The lowest BCUT2D eigenvalue weighted by Gasteiger charge is -2.35. The van der Waals surface area contributed by atoms with E-state index in [1.807, 2.05) is 9.80 Å². The molecule has 0 unspecified atom stereocenters. The van der Waals surface area contributed by atoms with Crippen molar-refractivity contribution in [3.8, 4) is 0 Å². The Morgan fingerprint density at radius 1 is 1.28 bits per heavy atom. The zero-order valence-corrected chi connectivity index (χ0v) is 17.2. The number of amides is 1. The Kier molecular flexibility index (Phi) is 6.68. The number of piperazine rings is 1. The summed E-state index contributed by atoms with van der Waals surface area (Å²) in [5.74, 6) is -0.729. The standard InChI is InChI=1S/C18H19ClN4O5S/c1-28-18(25)17-13(4-9-29-17)20-16(24)11-21-5-7-22(8-6-21)14-3-2-12(19)10-15(14)23(26)27/h2-4,9-10H,5-8,11H2,1H3,(H,20,24). The number of esters is 1. The average molecular weight is 439 g/mol. The van der Waals surface area contributed by atoms with Crippen LogP contribution in [0, 0.1) is 10.1 Å². The number of thiophene rings is 1. The average Bonchev–Trinajstić information content (AvgIpc) is 3.16. The second kappa shape index (κ2) is 9.21. The second-order valence-corrected chi connectivity index (χ2v) is 7.71. The number of nitro groups is 1. The van der Waals surface area contributed by atoms with Gasteiger partial charge in [-0.15, -0.1) is 11.3 Å². The van der Waals surface area contributed by atoms with Gasteiger partial charge >= 0.3 is 5.97 Å². The minimum atomic E-state index is -0.492. The third-order valence-corrected chi connectivity index (χ3v) is 5.65. The van der Waals surface area contributed by atoms with Crippen molar-refractivity contribution < 1.29 is 19.2 Å². The van der Waals surface area contributed by atoms with Crippen molar-refractivity contribution in [2.45, 2.75) is 0 Å². The molecule has 1 fully saturated rings. The maximum absolute atomic E-state index is 12.4. The summed E-state index contributed by atoms with van der Waals surface area (Å²) in [6.45, 7) is 2.39. The molecule has 11 heteroatoms. The molecule has 9 nitrogen and oxygen atoms in total. The molecule has 1 aromatic carbocycles. The largest absolute Gasteiger partial charge is 0.465 e. The Labute approximate surface area is 176 Å². The summed E-state index contributed by atoms with van der Waals surface area (Å²) < 4.78 is 4.70. The fourth-order valence-electron chi connectivity index (χ4n) is 3.11. The molecule has 29 heavy (non-hydrogen) atoms. The van der Waals surface area contributed by atoms with E-state index in [4.69, 9.17) is 16.3 Å². The van der Waals surface area contributed by atoms with E-state index in [0.29, 0.717) is 47.5 Å². The van der Waals surface area contributed by atoms with Crippen LogP contribution in [-0.2, 0) is 9.53 Å². The van der Waals surface area contributed by atoms with Gasteiger partial charge in [0, 0.05) is 37.3 Å². The van der Waals surface area contributed by atoms with Crippen molar-refractivity contribution in [2.75, 3.05) is 50.1 Å². The van der Waals surface area contributed by atoms with Crippen molar-refractivity contribution in [2.24, 2.45) is 0 Å². The molecule has 0 radical (unpaired) electrons. The third-order valence-electron chi connectivity index (χ3n) is 4.52. The Morgan fingerprint density at radius 3 is 2.66 bits per heavy atom. The van der Waals surface area contributed by atoms with Gasteiger partial charge in [0.15, 0.2) is 0 Å². The Balaban J connectivity index is 1.57. The smallest absolute Gasteiger partial charge is 0.350 e. The number of rotatable bonds is 6. The van der Waals surface area contributed by atoms with E-state index in [0.717, 1.165) is 0 Å². The lowest BCUT2D eigenvalue weighted by Crippen LogP contribution is -2.48. The van der Waals surface area contributed by atoms with Crippen LogP contribution in [-0.4, -0.2) is 61.5 Å². The molecule has 3 rings (SSSR count). The molecule has 1 N–H and O–H groups in total. The number of hydrogen-bond donors (Lipinski definition) is 1. The molecule has 2 heterocycles. The fraction of sp³-hybridized carbons (Fsp3) is 0.333. The number of carbonyl (C=O) groups excluding carboxylic acids is 2. The van der Waals surface area contributed by atoms with Crippen LogP contribution < -0.4 is 10.2 Å². The number of anilines is 2. The van der Waals surface area contributed by atoms with Crippen molar-refractivity contribution in [3.63, 3.8) is 0 Å². The van der Waals surface area contributed by atoms with Crippen molar-refractivity contribution in [1.82, 2.24) is 4.90 Å². The van der Waals surface area contributed by atoms with Gasteiger partial charge in [-0.1, -0.05) is 11.6 Å². The van der Waals surface area contributed by atoms with Crippen molar-refractivity contribution >= 4 is 51.9 Å². The summed E-state index contributed by atoms with van der Waals surface area (Å²) >= 11 is 7.07. The maximum atomic E-state index is 12.4. The first-order valence-electron chi connectivity index (χ1n) is 8.76. The van der Waals surface area contributed by atoms with Gasteiger partial charge in [0.25, 0.3) is 5.69 Å². The molecule has 0 bridgehead atoms. The quantitative estimate of drug-likeness (QED) is 0.420. The van der Waals surface area contributed by atoms with Crippen molar-refractivity contribution in [3.05, 3.63) is 49.7 Å². The van der Waals surface area contributed by atoms with Crippen LogP contribution in [0.25, 0.3) is 0 Å². The molecule has 2 aromatic rings. The second-order valence-electron chi connectivity index (χ2n) is 6.36. The highest BCUT2D eigenvalue weighted by Crippen LogP contribution is 2.31. The molecule has 0 aliphatic carbocycles. The summed E-state index contributed by atoms with van der Waals surface area (Å²) in [5.41, 5.74) is 0.920. The van der Waals surface area contributed by atoms with Gasteiger partial charge in [0.05, 0.1) is 24.3 Å². The highest BCUT2D eigenvalue weighted by atomic mass is 35.5. The summed E-state index contributed by atoms with van der Waals surface area (Å²) in [6, 6.07) is 6.28. The molecule has 0 atom stereocenters. The number of nitrogens with zero attached hydrogens (tertiary/aromatic N) is 3. The fourth-order valence-corrected chi connectivity index (χ4v) is 4.04. The number of halogens is 1. The van der Waals surface area contributed by atoms with Crippen LogP contribution in [0.2, 0.25) is 5.02 Å². The van der Waals surface area contributed by atoms with E-state index in [2.05, 4.69) is 5.32 Å². The van der Waals surface area contributed by atoms with Crippen LogP contribution in [0.5, 0.6) is 0 Å². The van der Waals surface area contributed by atoms with E-state index >= 15 is 0 Å². The number of hydrogen-bond acceptors (Lipinski definition) is 8. The van der Waals surface area contributed by atoms with E-state index < -0.39 is 10.9 Å². The van der Waals surface area contributed by atoms with Crippen LogP contribution >= 0.6 is 22.9 Å². The lowest BCUT2D eigenvalue weighted by molar-refractivity contribution is -0.384. The third kappa shape index (κ3) is 5.03. The van der Waals surface area contributed by atoms with Crippen LogP contribution in [0.1, 0.15) is 9.67 Å². The van der Waals surface area contributed by atoms with Crippen LogP contribution in [0.4, 0.5) is 17.1 Å². The van der Waals surface area contributed by atoms with Gasteiger partial charge in [-0.25, -0.2) is 4.79 Å². The first kappa shape index (κ1) is 21.0. The van der Waals surface area contributed by atoms with E-state index in [1.54, 1.807) is 23.6 Å². The minimum absolute atomic E-state index is 0.0310. The number of nitrogens with one attached hydrogen (secondary N) is 1. The predicted octanol–water partition coefficient (Wildman–Crippen LogP) is 2.86. The van der Waals surface area contributed by atoms with Gasteiger partial charge < -0.3 is 15.0 Å². The predicted molar refractivity (Wildman–Crippen MR) is 111 cm³/mol. The van der Waals surface area contributed by atoms with E-state index in [-0.39, 0.29) is 18.1 Å². The van der Waals surface area contributed by atoms with Gasteiger partial charge in [0.2, 0.25) is 5.91 Å². The monoisotopic (exact) mass is 438 g/mol. The van der Waals surface area contributed by atoms with Crippen LogP contribution in [0.3, 0.4) is 0 Å². The molecule has 0 spiro atoms. The van der Waals surface area contributed by atoms with Crippen LogP contribution in [0.15, 0.2) is 29.6 Å². The number of ether oxygens (including phenoxy) is 1. The Bertz CT molecular complexity index is 927. The lowest BCUT2D eigenvalue weighted by atomic mass is 10.2. The summed E-state index contributed by atoms with van der Waals surface area (Å²) in [5, 5.41) is 16.1.